The zero-order valence-corrected chi connectivity index (χ0v) is 18.5. The molecular weight excluding hydrogens is 446 g/mol. The third kappa shape index (κ3) is 4.64. The van der Waals surface area contributed by atoms with Gasteiger partial charge in [-0.15, -0.1) is 24.0 Å². The number of benzene rings is 3. The topological polar surface area (TPSA) is 0 Å². The highest BCUT2D eigenvalue weighted by Gasteiger charge is 2.44. The molecule has 26 heavy (non-hydrogen) atoms. The van der Waals surface area contributed by atoms with Gasteiger partial charge in [0.25, 0.3) is 0 Å². The van der Waals surface area contributed by atoms with Gasteiger partial charge in [-0.25, -0.2) is 0 Å². The molecule has 0 nitrogen and oxygen atoms in total. The molecule has 0 spiro atoms. The Morgan fingerprint density at radius 3 is 1.35 bits per heavy atom. The summed E-state index contributed by atoms with van der Waals surface area (Å²) in [5.74, 6) is 0. The first-order chi connectivity index (χ1) is 12.4. The Morgan fingerprint density at radius 1 is 0.615 bits per heavy atom. The van der Waals surface area contributed by atoms with Crippen LogP contribution in [0.15, 0.2) is 103 Å². The van der Waals surface area contributed by atoms with Crippen LogP contribution in [0.5, 0.6) is 0 Å². The summed E-state index contributed by atoms with van der Waals surface area (Å²) < 4.78 is 0. The molecule has 0 saturated heterocycles. The van der Waals surface area contributed by atoms with E-state index in [1.807, 2.05) is 0 Å². The fourth-order valence-electron chi connectivity index (χ4n) is 3.43. The van der Waals surface area contributed by atoms with E-state index in [0.29, 0.717) is 0 Å². The molecule has 0 saturated carbocycles. The monoisotopic (exact) mass is 473 g/mol. The van der Waals surface area contributed by atoms with Crippen molar-refractivity contribution in [3.8, 4) is 0 Å². The number of hydrogen-bond acceptors (Lipinski definition) is 0. The predicted octanol–water partition coefficient (Wildman–Crippen LogP) is 5.95. The number of hydrogen-bond donors (Lipinski definition) is 0. The van der Waals surface area contributed by atoms with Gasteiger partial charge in [-0.2, -0.15) is 0 Å². The lowest BCUT2D eigenvalue weighted by atomic mass is 10.3. The second-order valence-electron chi connectivity index (χ2n) is 6.21. The highest BCUT2D eigenvalue weighted by Crippen LogP contribution is 2.55. The van der Waals surface area contributed by atoms with Crippen LogP contribution in [0.3, 0.4) is 0 Å². The number of allylic oxidation sites excluding steroid dienone is 2. The van der Waals surface area contributed by atoms with Crippen molar-refractivity contribution in [3.05, 3.63) is 103 Å². The van der Waals surface area contributed by atoms with E-state index in [9.17, 15) is 0 Å². The van der Waals surface area contributed by atoms with Crippen LogP contribution in [-0.2, 0) is 0 Å². The maximum atomic E-state index is 2.35. The molecular formula is C24H27IP+. The van der Waals surface area contributed by atoms with Crippen molar-refractivity contribution < 1.29 is 0 Å². The van der Waals surface area contributed by atoms with Crippen molar-refractivity contribution in [2.24, 2.45) is 0 Å². The lowest BCUT2D eigenvalue weighted by Gasteiger charge is -2.27. The third-order valence-corrected chi connectivity index (χ3v) is 9.09. The van der Waals surface area contributed by atoms with Crippen molar-refractivity contribution >= 4 is 47.2 Å². The van der Waals surface area contributed by atoms with Crippen molar-refractivity contribution in [2.75, 3.05) is 6.16 Å². The largest absolute Gasteiger partial charge is 0.112 e. The Kier molecular flexibility index (Phi) is 8.54. The van der Waals surface area contributed by atoms with Gasteiger partial charge in [0, 0.05) is 6.42 Å². The first-order valence-electron chi connectivity index (χ1n) is 9.08. The normalized spacial score (nSPS) is 11.3. The van der Waals surface area contributed by atoms with Gasteiger partial charge < -0.3 is 0 Å². The quantitative estimate of drug-likeness (QED) is 0.226. The molecule has 3 aromatic rings. The van der Waals surface area contributed by atoms with Gasteiger partial charge in [0.05, 0.1) is 6.16 Å². The van der Waals surface area contributed by atoms with Gasteiger partial charge in [-0.3, -0.25) is 0 Å². The SMILES string of the molecule is CC/C=C\CC[P+](c1ccccc1)(c1ccccc1)c1ccccc1.I. The Hall–Kier alpha value is -1.44. The van der Waals surface area contributed by atoms with E-state index in [1.54, 1.807) is 0 Å². The third-order valence-electron chi connectivity index (χ3n) is 4.62. The Bertz CT molecular complexity index is 686. The standard InChI is InChI=1S/C24H26P.HI/c1-2-3-4-14-21-25(22-15-8-5-9-16-22,23-17-10-6-11-18-23)24-19-12-7-13-20-24;/h3-13,15-20H,2,14,21H2,1H3;1H/q+1;/b4-3-;. The summed E-state index contributed by atoms with van der Waals surface area (Å²) in [6.45, 7) is 2.20. The molecule has 0 atom stereocenters. The lowest BCUT2D eigenvalue weighted by molar-refractivity contribution is 1.16. The van der Waals surface area contributed by atoms with E-state index in [0.717, 1.165) is 12.8 Å². The minimum Gasteiger partial charge on any atom is -0.107 e. The van der Waals surface area contributed by atoms with Gasteiger partial charge in [0.15, 0.2) is 0 Å². The van der Waals surface area contributed by atoms with Crippen LogP contribution in [0.25, 0.3) is 0 Å². The number of halogens is 1. The fraction of sp³-hybridized carbons (Fsp3) is 0.167. The van der Waals surface area contributed by atoms with E-state index >= 15 is 0 Å². The van der Waals surface area contributed by atoms with Crippen LogP contribution in [-0.4, -0.2) is 6.16 Å². The molecule has 0 heterocycles. The van der Waals surface area contributed by atoms with Gasteiger partial charge >= 0.3 is 0 Å². The van der Waals surface area contributed by atoms with Crippen LogP contribution in [0.1, 0.15) is 19.8 Å². The summed E-state index contributed by atoms with van der Waals surface area (Å²) in [6.07, 6.45) is 8.02. The van der Waals surface area contributed by atoms with Crippen LogP contribution in [0.2, 0.25) is 0 Å². The average molecular weight is 473 g/mol. The summed E-state index contributed by atoms with van der Waals surface area (Å²) in [5, 5.41) is 4.41. The Balaban J connectivity index is 0.00000243. The summed E-state index contributed by atoms with van der Waals surface area (Å²) in [4.78, 5) is 0. The molecule has 0 aromatic heterocycles. The van der Waals surface area contributed by atoms with Gasteiger partial charge in [0.1, 0.15) is 23.2 Å². The second kappa shape index (κ2) is 10.6. The van der Waals surface area contributed by atoms with Crippen molar-refractivity contribution in [1.82, 2.24) is 0 Å². The molecule has 134 valence electrons. The zero-order chi connectivity index (χ0) is 17.4. The smallest absolute Gasteiger partial charge is 0.107 e. The van der Waals surface area contributed by atoms with Crippen LogP contribution in [0.4, 0.5) is 0 Å². The van der Waals surface area contributed by atoms with E-state index in [1.165, 1.54) is 22.1 Å². The first-order valence-corrected chi connectivity index (χ1v) is 11.1. The molecule has 3 rings (SSSR count). The molecule has 0 radical (unpaired) electrons. The molecule has 0 aliphatic carbocycles. The van der Waals surface area contributed by atoms with Crippen molar-refractivity contribution in [3.63, 3.8) is 0 Å². The van der Waals surface area contributed by atoms with E-state index < -0.39 is 7.26 Å². The molecule has 0 aliphatic heterocycles. The van der Waals surface area contributed by atoms with E-state index in [2.05, 4.69) is 110 Å². The van der Waals surface area contributed by atoms with E-state index in [4.69, 9.17) is 0 Å². The molecule has 0 aliphatic rings. The molecule has 0 amide bonds. The van der Waals surface area contributed by atoms with Crippen LogP contribution < -0.4 is 15.9 Å². The molecule has 0 bridgehead atoms. The minimum absolute atomic E-state index is 0. The lowest BCUT2D eigenvalue weighted by Crippen LogP contribution is -2.33. The summed E-state index contributed by atoms with van der Waals surface area (Å²) in [7, 11) is -1.64. The van der Waals surface area contributed by atoms with Gasteiger partial charge in [0.2, 0.25) is 0 Å². The maximum Gasteiger partial charge on any atom is 0.112 e. The average Bonchev–Trinajstić information content (AvgIpc) is 2.70. The minimum atomic E-state index is -1.64. The second-order valence-corrected chi connectivity index (χ2v) is 9.82. The predicted molar refractivity (Wildman–Crippen MR) is 129 cm³/mol. The highest BCUT2D eigenvalue weighted by molar-refractivity contribution is 14.0. The van der Waals surface area contributed by atoms with Gasteiger partial charge in [-0.1, -0.05) is 73.7 Å². The summed E-state index contributed by atoms with van der Waals surface area (Å²) >= 11 is 0. The molecule has 0 unspecified atom stereocenters. The molecule has 3 aromatic carbocycles. The Labute approximate surface area is 175 Å². The molecule has 0 fully saturated rings. The van der Waals surface area contributed by atoms with Crippen molar-refractivity contribution in [2.45, 2.75) is 19.8 Å². The van der Waals surface area contributed by atoms with Crippen LogP contribution in [0, 0.1) is 0 Å². The summed E-state index contributed by atoms with van der Waals surface area (Å²) in [5.41, 5.74) is 0. The van der Waals surface area contributed by atoms with Crippen LogP contribution >= 0.6 is 31.2 Å². The van der Waals surface area contributed by atoms with E-state index in [-0.39, 0.29) is 24.0 Å². The fourth-order valence-corrected chi connectivity index (χ4v) is 7.68. The maximum absolute atomic E-state index is 2.35. The molecule has 0 N–H and O–H groups in total. The van der Waals surface area contributed by atoms with Gasteiger partial charge in [-0.05, 0) is 42.8 Å². The zero-order valence-electron chi connectivity index (χ0n) is 15.3. The number of rotatable bonds is 7. The Morgan fingerprint density at radius 2 is 1.00 bits per heavy atom. The highest BCUT2D eigenvalue weighted by atomic mass is 127. The summed E-state index contributed by atoms with van der Waals surface area (Å²) in [6, 6.07) is 33.3. The first kappa shape index (κ1) is 20.9. The molecule has 2 heteroatoms. The van der Waals surface area contributed by atoms with Crippen molar-refractivity contribution in [1.29, 1.82) is 0 Å².